The zero-order valence-corrected chi connectivity index (χ0v) is 9.85. The zero-order valence-electron chi connectivity index (χ0n) is 9.10. The van der Waals surface area contributed by atoms with Crippen LogP contribution in [0.15, 0.2) is 6.20 Å². The standard InChI is InChI=1S/C10H15ClN2O3/c1-2-13-10(7(11)6-12-13)8(14)5-9-15-3-4-16-9/h6,8-9,14H,2-5H2,1H3. The molecule has 1 aliphatic heterocycles. The molecule has 0 spiro atoms. The van der Waals surface area contributed by atoms with Gasteiger partial charge in [0.15, 0.2) is 6.29 Å². The van der Waals surface area contributed by atoms with E-state index in [1.165, 1.54) is 0 Å². The molecule has 16 heavy (non-hydrogen) atoms. The minimum Gasteiger partial charge on any atom is -0.387 e. The van der Waals surface area contributed by atoms with Crippen molar-refractivity contribution in [2.24, 2.45) is 0 Å². The fourth-order valence-electron chi connectivity index (χ4n) is 1.79. The van der Waals surface area contributed by atoms with Gasteiger partial charge in [-0.3, -0.25) is 4.68 Å². The first-order chi connectivity index (χ1) is 7.72. The van der Waals surface area contributed by atoms with Crippen LogP contribution in [0, 0.1) is 0 Å². The van der Waals surface area contributed by atoms with Crippen molar-refractivity contribution in [3.8, 4) is 0 Å². The monoisotopic (exact) mass is 246 g/mol. The van der Waals surface area contributed by atoms with Crippen LogP contribution in [0.5, 0.6) is 0 Å². The second-order valence-electron chi connectivity index (χ2n) is 3.62. The van der Waals surface area contributed by atoms with Gasteiger partial charge in [-0.1, -0.05) is 11.6 Å². The second kappa shape index (κ2) is 5.14. The molecule has 5 nitrogen and oxygen atoms in total. The number of rotatable bonds is 4. The van der Waals surface area contributed by atoms with Crippen LogP contribution in [-0.4, -0.2) is 34.4 Å². The summed E-state index contributed by atoms with van der Waals surface area (Å²) in [6.07, 6.45) is 0.870. The third kappa shape index (κ3) is 2.38. The Bertz CT molecular complexity index is 350. The van der Waals surface area contributed by atoms with Crippen LogP contribution in [-0.2, 0) is 16.0 Å². The van der Waals surface area contributed by atoms with E-state index in [-0.39, 0.29) is 6.29 Å². The van der Waals surface area contributed by atoms with E-state index in [4.69, 9.17) is 21.1 Å². The molecule has 1 unspecified atom stereocenters. The summed E-state index contributed by atoms with van der Waals surface area (Å²) in [4.78, 5) is 0. The molecule has 90 valence electrons. The smallest absolute Gasteiger partial charge is 0.160 e. The Morgan fingerprint density at radius 1 is 1.62 bits per heavy atom. The third-order valence-electron chi connectivity index (χ3n) is 2.55. The summed E-state index contributed by atoms with van der Waals surface area (Å²) in [5.74, 6) is 0. The highest BCUT2D eigenvalue weighted by Crippen LogP contribution is 2.27. The largest absolute Gasteiger partial charge is 0.387 e. The molecule has 0 aromatic carbocycles. The SMILES string of the molecule is CCn1ncc(Cl)c1C(O)CC1OCCO1. The van der Waals surface area contributed by atoms with Crippen molar-refractivity contribution in [2.75, 3.05) is 13.2 Å². The highest BCUT2D eigenvalue weighted by atomic mass is 35.5. The van der Waals surface area contributed by atoms with Gasteiger partial charge >= 0.3 is 0 Å². The average molecular weight is 247 g/mol. The van der Waals surface area contributed by atoms with Crippen LogP contribution in [0.1, 0.15) is 25.1 Å². The lowest BCUT2D eigenvalue weighted by Gasteiger charge is -2.16. The molecule has 1 aromatic rings. The maximum Gasteiger partial charge on any atom is 0.160 e. The van der Waals surface area contributed by atoms with E-state index in [0.717, 1.165) is 0 Å². The van der Waals surface area contributed by atoms with E-state index < -0.39 is 6.10 Å². The molecule has 2 heterocycles. The quantitative estimate of drug-likeness (QED) is 0.872. The molecule has 1 saturated heterocycles. The van der Waals surface area contributed by atoms with Crippen molar-refractivity contribution in [3.05, 3.63) is 16.9 Å². The van der Waals surface area contributed by atoms with Crippen molar-refractivity contribution < 1.29 is 14.6 Å². The lowest BCUT2D eigenvalue weighted by molar-refractivity contribution is -0.0719. The van der Waals surface area contributed by atoms with Crippen LogP contribution >= 0.6 is 11.6 Å². The summed E-state index contributed by atoms with van der Waals surface area (Å²) in [6.45, 7) is 3.78. The molecular formula is C10H15ClN2O3. The highest BCUT2D eigenvalue weighted by molar-refractivity contribution is 6.31. The van der Waals surface area contributed by atoms with E-state index in [1.54, 1.807) is 10.9 Å². The Labute approximate surface area is 98.9 Å². The van der Waals surface area contributed by atoms with Gasteiger partial charge in [-0.25, -0.2) is 0 Å². The van der Waals surface area contributed by atoms with Crippen LogP contribution in [0.3, 0.4) is 0 Å². The predicted octanol–water partition coefficient (Wildman–Crippen LogP) is 1.35. The fourth-order valence-corrected chi connectivity index (χ4v) is 2.06. The molecule has 0 saturated carbocycles. The summed E-state index contributed by atoms with van der Waals surface area (Å²) < 4.78 is 12.2. The van der Waals surface area contributed by atoms with E-state index >= 15 is 0 Å². The molecule has 6 heteroatoms. The number of ether oxygens (including phenoxy) is 2. The van der Waals surface area contributed by atoms with Gasteiger partial charge in [0.2, 0.25) is 0 Å². The first-order valence-corrected chi connectivity index (χ1v) is 5.72. The Morgan fingerprint density at radius 2 is 2.31 bits per heavy atom. The lowest BCUT2D eigenvalue weighted by atomic mass is 10.2. The number of halogens is 1. The topological polar surface area (TPSA) is 56.5 Å². The van der Waals surface area contributed by atoms with Gasteiger partial charge in [0.1, 0.15) is 6.10 Å². The fraction of sp³-hybridized carbons (Fsp3) is 0.700. The number of aryl methyl sites for hydroxylation is 1. The highest BCUT2D eigenvalue weighted by Gasteiger charge is 2.24. The summed E-state index contributed by atoms with van der Waals surface area (Å²) >= 11 is 5.98. The van der Waals surface area contributed by atoms with Crippen molar-refractivity contribution in [3.63, 3.8) is 0 Å². The molecular weight excluding hydrogens is 232 g/mol. The number of aliphatic hydroxyl groups is 1. The normalized spacial score (nSPS) is 19.2. The Balaban J connectivity index is 2.06. The molecule has 1 N–H and O–H groups in total. The number of hydrogen-bond donors (Lipinski definition) is 1. The van der Waals surface area contributed by atoms with Gasteiger partial charge in [0.05, 0.1) is 30.1 Å². The molecule has 0 bridgehead atoms. The van der Waals surface area contributed by atoms with Gasteiger partial charge in [-0.2, -0.15) is 5.10 Å². The van der Waals surface area contributed by atoms with E-state index in [1.807, 2.05) is 6.92 Å². The number of hydrogen-bond acceptors (Lipinski definition) is 4. The summed E-state index contributed by atoms with van der Waals surface area (Å²) in [7, 11) is 0. The maximum absolute atomic E-state index is 10.1. The summed E-state index contributed by atoms with van der Waals surface area (Å²) in [6, 6.07) is 0. The van der Waals surface area contributed by atoms with Crippen LogP contribution in [0.25, 0.3) is 0 Å². The molecule has 1 atom stereocenters. The predicted molar refractivity (Wildman–Crippen MR) is 58.2 cm³/mol. The van der Waals surface area contributed by atoms with Gasteiger partial charge in [-0.05, 0) is 6.92 Å². The maximum atomic E-state index is 10.1. The third-order valence-corrected chi connectivity index (χ3v) is 2.85. The van der Waals surface area contributed by atoms with Crippen molar-refractivity contribution >= 4 is 11.6 Å². The first-order valence-electron chi connectivity index (χ1n) is 5.34. The van der Waals surface area contributed by atoms with Crippen molar-refractivity contribution in [1.82, 2.24) is 9.78 Å². The minimum absolute atomic E-state index is 0.341. The molecule has 0 radical (unpaired) electrons. The van der Waals surface area contributed by atoms with Crippen molar-refractivity contribution in [1.29, 1.82) is 0 Å². The van der Waals surface area contributed by atoms with Crippen LogP contribution in [0.4, 0.5) is 0 Å². The first kappa shape index (κ1) is 11.9. The Kier molecular flexibility index (Phi) is 3.81. The van der Waals surface area contributed by atoms with E-state index in [9.17, 15) is 5.11 Å². The molecule has 2 rings (SSSR count). The summed E-state index contributed by atoms with van der Waals surface area (Å²) in [5.41, 5.74) is 0.628. The number of aromatic nitrogens is 2. The molecule has 1 fully saturated rings. The van der Waals surface area contributed by atoms with Gasteiger partial charge in [-0.15, -0.1) is 0 Å². The van der Waals surface area contributed by atoms with Gasteiger partial charge < -0.3 is 14.6 Å². The number of aliphatic hydroxyl groups excluding tert-OH is 1. The van der Waals surface area contributed by atoms with Crippen LogP contribution in [0.2, 0.25) is 5.02 Å². The molecule has 1 aliphatic rings. The average Bonchev–Trinajstić information content (AvgIpc) is 2.87. The van der Waals surface area contributed by atoms with Crippen molar-refractivity contribution in [2.45, 2.75) is 32.3 Å². The molecule has 0 amide bonds. The molecule has 0 aliphatic carbocycles. The van der Waals surface area contributed by atoms with E-state index in [2.05, 4.69) is 5.10 Å². The van der Waals surface area contributed by atoms with Crippen LogP contribution < -0.4 is 0 Å². The van der Waals surface area contributed by atoms with Gasteiger partial charge in [0.25, 0.3) is 0 Å². The zero-order chi connectivity index (χ0) is 11.5. The number of nitrogens with zero attached hydrogens (tertiary/aromatic N) is 2. The minimum atomic E-state index is -0.710. The lowest BCUT2D eigenvalue weighted by Crippen LogP contribution is -2.16. The summed E-state index contributed by atoms with van der Waals surface area (Å²) in [5, 5.41) is 14.6. The van der Waals surface area contributed by atoms with Gasteiger partial charge in [0, 0.05) is 13.0 Å². The Morgan fingerprint density at radius 3 is 2.94 bits per heavy atom. The second-order valence-corrected chi connectivity index (χ2v) is 4.02. The van der Waals surface area contributed by atoms with E-state index in [0.29, 0.717) is 36.9 Å². The Hall–Kier alpha value is -0.620. The molecule has 1 aromatic heterocycles.